The average molecular weight is 480 g/mol. The molecular weight excluding hydrogens is 441 g/mol. The molecule has 0 spiro atoms. The zero-order valence-corrected chi connectivity index (χ0v) is 20.8. The van der Waals surface area contributed by atoms with Crippen molar-refractivity contribution in [1.82, 2.24) is 10.6 Å². The Kier molecular flexibility index (Phi) is 8.78. The number of carbonyl (C=O) groups is 2. The highest BCUT2D eigenvalue weighted by Crippen LogP contribution is 2.29. The third kappa shape index (κ3) is 6.83. The number of nitrogens with one attached hydrogen (secondary N) is 2. The fourth-order valence-electron chi connectivity index (χ4n) is 5.45. The van der Waals surface area contributed by atoms with Crippen molar-refractivity contribution in [3.05, 3.63) is 65.5 Å². The quantitative estimate of drug-likeness (QED) is 0.507. The maximum Gasteiger partial charge on any atom is 0.242 e. The zero-order valence-electron chi connectivity index (χ0n) is 20.8. The van der Waals surface area contributed by atoms with Gasteiger partial charge in [0, 0.05) is 25.3 Å². The number of amides is 2. The third-order valence-electron chi connectivity index (χ3n) is 7.63. The van der Waals surface area contributed by atoms with Crippen molar-refractivity contribution in [1.29, 1.82) is 0 Å². The molecule has 2 amide bonds. The smallest absolute Gasteiger partial charge is 0.242 e. The second kappa shape index (κ2) is 12.2. The van der Waals surface area contributed by atoms with Crippen molar-refractivity contribution in [3.8, 4) is 0 Å². The first-order valence-electron chi connectivity index (χ1n) is 13.2. The Morgan fingerprint density at radius 1 is 1.06 bits per heavy atom. The molecule has 1 aliphatic heterocycles. The minimum absolute atomic E-state index is 0.115. The van der Waals surface area contributed by atoms with E-state index >= 15 is 0 Å². The molecule has 0 aromatic heterocycles. The van der Waals surface area contributed by atoms with Crippen LogP contribution >= 0.6 is 0 Å². The van der Waals surface area contributed by atoms with Gasteiger partial charge >= 0.3 is 0 Å². The highest BCUT2D eigenvalue weighted by atomic mass is 19.1. The lowest BCUT2D eigenvalue weighted by Crippen LogP contribution is -2.49. The van der Waals surface area contributed by atoms with Crippen LogP contribution in [0.3, 0.4) is 0 Å². The molecule has 2 aliphatic rings. The Balaban J connectivity index is 1.33. The molecule has 0 saturated heterocycles. The van der Waals surface area contributed by atoms with Gasteiger partial charge in [0.05, 0.1) is 5.92 Å². The van der Waals surface area contributed by atoms with Crippen LogP contribution in [0, 0.1) is 11.7 Å². The van der Waals surface area contributed by atoms with Crippen LogP contribution < -0.4 is 15.5 Å². The van der Waals surface area contributed by atoms with E-state index in [1.165, 1.54) is 38.2 Å². The zero-order chi connectivity index (χ0) is 24.6. The molecule has 2 aromatic rings. The SMILES string of the molecule is C[C@H](C(=O)NC(CCC1CCCCC1)C(=O)NCCN1CCc2cc(F)ccc21)c1ccccc1. The van der Waals surface area contributed by atoms with Crippen molar-refractivity contribution >= 4 is 17.5 Å². The number of nitrogens with zero attached hydrogens (tertiary/aromatic N) is 1. The van der Waals surface area contributed by atoms with Crippen LogP contribution in [0.2, 0.25) is 0 Å². The van der Waals surface area contributed by atoms with Gasteiger partial charge in [0.25, 0.3) is 0 Å². The summed E-state index contributed by atoms with van der Waals surface area (Å²) in [6, 6.07) is 14.0. The molecule has 1 aliphatic carbocycles. The van der Waals surface area contributed by atoms with Gasteiger partial charge in [0.1, 0.15) is 11.9 Å². The van der Waals surface area contributed by atoms with Gasteiger partial charge in [0.15, 0.2) is 0 Å². The first-order chi connectivity index (χ1) is 17.0. The summed E-state index contributed by atoms with van der Waals surface area (Å²) in [7, 11) is 0. The summed E-state index contributed by atoms with van der Waals surface area (Å²) in [5, 5.41) is 6.10. The van der Waals surface area contributed by atoms with Gasteiger partial charge in [-0.15, -0.1) is 0 Å². The summed E-state index contributed by atoms with van der Waals surface area (Å²) in [4.78, 5) is 28.4. The average Bonchev–Trinajstić information content (AvgIpc) is 3.28. The Morgan fingerprint density at radius 2 is 1.83 bits per heavy atom. The Bertz CT molecular complexity index is 991. The van der Waals surface area contributed by atoms with Crippen LogP contribution in [-0.2, 0) is 16.0 Å². The molecule has 1 fully saturated rings. The van der Waals surface area contributed by atoms with E-state index in [2.05, 4.69) is 15.5 Å². The topological polar surface area (TPSA) is 61.4 Å². The highest BCUT2D eigenvalue weighted by molar-refractivity contribution is 5.90. The van der Waals surface area contributed by atoms with E-state index in [-0.39, 0.29) is 23.5 Å². The van der Waals surface area contributed by atoms with E-state index < -0.39 is 6.04 Å². The van der Waals surface area contributed by atoms with Crippen LogP contribution in [-0.4, -0.2) is 37.5 Å². The number of benzene rings is 2. The molecule has 2 N–H and O–H groups in total. The van der Waals surface area contributed by atoms with Crippen molar-refractivity contribution in [2.24, 2.45) is 5.92 Å². The van der Waals surface area contributed by atoms with Gasteiger partial charge in [0.2, 0.25) is 11.8 Å². The molecular formula is C29H38FN3O2. The van der Waals surface area contributed by atoms with E-state index in [0.29, 0.717) is 25.4 Å². The fourth-order valence-corrected chi connectivity index (χ4v) is 5.45. The first kappa shape index (κ1) is 25.2. The van der Waals surface area contributed by atoms with Crippen LogP contribution in [0.25, 0.3) is 0 Å². The van der Waals surface area contributed by atoms with Crippen molar-refractivity contribution in [3.63, 3.8) is 0 Å². The molecule has 0 bridgehead atoms. The van der Waals surface area contributed by atoms with Crippen LogP contribution in [0.4, 0.5) is 10.1 Å². The third-order valence-corrected chi connectivity index (χ3v) is 7.63. The van der Waals surface area contributed by atoms with Gasteiger partial charge in [-0.25, -0.2) is 4.39 Å². The monoisotopic (exact) mass is 479 g/mol. The number of hydrogen-bond donors (Lipinski definition) is 2. The van der Waals surface area contributed by atoms with Gasteiger partial charge < -0.3 is 15.5 Å². The molecule has 6 heteroatoms. The summed E-state index contributed by atoms with van der Waals surface area (Å²) in [5.41, 5.74) is 3.00. The Labute approximate surface area is 208 Å². The first-order valence-corrected chi connectivity index (χ1v) is 13.2. The Hall–Kier alpha value is -2.89. The van der Waals surface area contributed by atoms with Crippen LogP contribution in [0.15, 0.2) is 48.5 Å². The van der Waals surface area contributed by atoms with E-state index in [9.17, 15) is 14.0 Å². The Morgan fingerprint density at radius 3 is 2.60 bits per heavy atom. The molecule has 188 valence electrons. The predicted molar refractivity (Wildman–Crippen MR) is 138 cm³/mol. The summed E-state index contributed by atoms with van der Waals surface area (Å²) in [6.07, 6.45) is 8.71. The lowest BCUT2D eigenvalue weighted by atomic mass is 9.85. The number of fused-ring (bicyclic) bond motifs is 1. The van der Waals surface area contributed by atoms with E-state index in [1.54, 1.807) is 6.07 Å². The van der Waals surface area contributed by atoms with Crippen molar-refractivity contribution < 1.29 is 14.0 Å². The number of halogens is 1. The van der Waals surface area contributed by atoms with Gasteiger partial charge in [-0.1, -0.05) is 62.4 Å². The number of hydrogen-bond acceptors (Lipinski definition) is 3. The second-order valence-corrected chi connectivity index (χ2v) is 10.1. The highest BCUT2D eigenvalue weighted by Gasteiger charge is 2.26. The molecule has 1 unspecified atom stereocenters. The summed E-state index contributed by atoms with van der Waals surface area (Å²) in [6.45, 7) is 3.85. The summed E-state index contributed by atoms with van der Waals surface area (Å²) < 4.78 is 13.5. The molecule has 2 atom stereocenters. The van der Waals surface area contributed by atoms with E-state index in [4.69, 9.17) is 0 Å². The maximum atomic E-state index is 13.5. The molecule has 35 heavy (non-hydrogen) atoms. The molecule has 1 saturated carbocycles. The van der Waals surface area contributed by atoms with Gasteiger partial charge in [-0.2, -0.15) is 0 Å². The molecule has 4 rings (SSSR count). The minimum atomic E-state index is -0.532. The number of rotatable bonds is 10. The van der Waals surface area contributed by atoms with Crippen molar-refractivity contribution in [2.75, 3.05) is 24.5 Å². The normalized spacial score (nSPS) is 17.5. The van der Waals surface area contributed by atoms with Crippen LogP contribution in [0.1, 0.15) is 68.9 Å². The molecule has 1 heterocycles. The fraction of sp³-hybridized carbons (Fsp3) is 0.517. The summed E-state index contributed by atoms with van der Waals surface area (Å²) >= 11 is 0. The van der Waals surface area contributed by atoms with Gasteiger partial charge in [-0.3, -0.25) is 9.59 Å². The molecule has 2 aromatic carbocycles. The lowest BCUT2D eigenvalue weighted by Gasteiger charge is -2.26. The minimum Gasteiger partial charge on any atom is -0.369 e. The summed E-state index contributed by atoms with van der Waals surface area (Å²) in [5.74, 6) is -0.115. The van der Waals surface area contributed by atoms with Gasteiger partial charge in [-0.05, 0) is 61.4 Å². The van der Waals surface area contributed by atoms with E-state index in [0.717, 1.165) is 36.2 Å². The predicted octanol–water partition coefficient (Wildman–Crippen LogP) is 4.95. The largest absolute Gasteiger partial charge is 0.369 e. The molecule has 5 nitrogen and oxygen atoms in total. The van der Waals surface area contributed by atoms with Crippen LogP contribution in [0.5, 0.6) is 0 Å². The number of carbonyl (C=O) groups excluding carboxylic acids is 2. The second-order valence-electron chi connectivity index (χ2n) is 10.1. The maximum absolute atomic E-state index is 13.5. The van der Waals surface area contributed by atoms with E-state index in [1.807, 2.05) is 43.3 Å². The lowest BCUT2D eigenvalue weighted by molar-refractivity contribution is -0.129. The standard InChI is InChI=1S/C29H38FN3O2/c1-21(23-10-6-3-7-11-23)28(34)32-26(14-12-22-8-4-2-5-9-22)29(35)31-17-19-33-18-16-24-20-25(30)13-15-27(24)33/h3,6-7,10-11,13,15,20-22,26H,2,4-5,8-9,12,14,16-19H2,1H3,(H,31,35)(H,32,34)/t21-,26?/m0/s1. The van der Waals surface area contributed by atoms with Crippen molar-refractivity contribution in [2.45, 2.75) is 70.3 Å². The molecule has 0 radical (unpaired) electrons. The number of anilines is 1.